The second-order valence-corrected chi connectivity index (χ2v) is 4.21. The van der Waals surface area contributed by atoms with Crippen LogP contribution in [-0.2, 0) is 0 Å². The van der Waals surface area contributed by atoms with Crippen molar-refractivity contribution < 1.29 is 19.0 Å². The van der Waals surface area contributed by atoms with Gasteiger partial charge in [-0.3, -0.25) is 4.90 Å². The molecule has 0 aliphatic heterocycles. The highest BCUT2D eigenvalue weighted by molar-refractivity contribution is 5.20. The van der Waals surface area contributed by atoms with Gasteiger partial charge in [-0.1, -0.05) is 13.0 Å². The largest absolute Gasteiger partial charge is 0.395 e. The maximum Gasteiger partial charge on any atom is 0.159 e. The highest BCUT2D eigenvalue weighted by Crippen LogP contribution is 2.17. The van der Waals surface area contributed by atoms with Gasteiger partial charge < -0.3 is 10.2 Å². The summed E-state index contributed by atoms with van der Waals surface area (Å²) in [6.45, 7) is 3.48. The predicted octanol–water partition coefficient (Wildman–Crippen LogP) is 1.70. The Labute approximate surface area is 106 Å². The zero-order valence-electron chi connectivity index (χ0n) is 10.4. The van der Waals surface area contributed by atoms with Gasteiger partial charge in [0.1, 0.15) is 0 Å². The minimum absolute atomic E-state index is 0.00446. The van der Waals surface area contributed by atoms with Gasteiger partial charge in [-0.25, -0.2) is 8.78 Å². The molecule has 1 rings (SSSR count). The van der Waals surface area contributed by atoms with Crippen molar-refractivity contribution in [2.75, 3.05) is 26.2 Å². The molecule has 5 heteroatoms. The van der Waals surface area contributed by atoms with Gasteiger partial charge in [0.2, 0.25) is 0 Å². The monoisotopic (exact) mass is 259 g/mol. The SMILES string of the molecule is CCCN(CCO)CC(O)c1ccc(F)c(F)c1. The molecule has 3 nitrogen and oxygen atoms in total. The summed E-state index contributed by atoms with van der Waals surface area (Å²) in [5.41, 5.74) is 0.341. The molecule has 0 aliphatic carbocycles. The van der Waals surface area contributed by atoms with Crippen molar-refractivity contribution in [2.45, 2.75) is 19.4 Å². The highest BCUT2D eigenvalue weighted by Gasteiger charge is 2.14. The lowest BCUT2D eigenvalue weighted by Gasteiger charge is -2.23. The van der Waals surface area contributed by atoms with Crippen LogP contribution in [-0.4, -0.2) is 41.4 Å². The van der Waals surface area contributed by atoms with Crippen molar-refractivity contribution in [1.29, 1.82) is 0 Å². The zero-order valence-corrected chi connectivity index (χ0v) is 10.4. The Hall–Kier alpha value is -1.04. The lowest BCUT2D eigenvalue weighted by Crippen LogP contribution is -2.32. The van der Waals surface area contributed by atoms with E-state index in [0.29, 0.717) is 18.7 Å². The molecule has 0 bridgehead atoms. The van der Waals surface area contributed by atoms with Gasteiger partial charge in [0.25, 0.3) is 0 Å². The lowest BCUT2D eigenvalue weighted by molar-refractivity contribution is 0.0995. The van der Waals surface area contributed by atoms with Crippen LogP contribution < -0.4 is 0 Å². The van der Waals surface area contributed by atoms with Gasteiger partial charge in [0, 0.05) is 13.1 Å². The Morgan fingerprint density at radius 1 is 1.22 bits per heavy atom. The summed E-state index contributed by atoms with van der Waals surface area (Å²) in [5, 5.41) is 18.8. The van der Waals surface area contributed by atoms with Gasteiger partial charge in [-0.15, -0.1) is 0 Å². The minimum Gasteiger partial charge on any atom is -0.395 e. The number of rotatable bonds is 7. The molecule has 0 heterocycles. The molecular formula is C13H19F2NO2. The van der Waals surface area contributed by atoms with E-state index in [-0.39, 0.29) is 6.61 Å². The number of nitrogens with zero attached hydrogens (tertiary/aromatic N) is 1. The maximum atomic E-state index is 13.0. The van der Waals surface area contributed by atoms with Crippen LogP contribution in [0.4, 0.5) is 8.78 Å². The topological polar surface area (TPSA) is 43.7 Å². The third-order valence-electron chi connectivity index (χ3n) is 2.72. The molecule has 1 unspecified atom stereocenters. The van der Waals surface area contributed by atoms with Crippen LogP contribution in [0.2, 0.25) is 0 Å². The normalized spacial score (nSPS) is 13.0. The number of benzene rings is 1. The summed E-state index contributed by atoms with van der Waals surface area (Å²) in [6.07, 6.45) is 0.00280. The van der Waals surface area contributed by atoms with Crippen molar-refractivity contribution >= 4 is 0 Å². The Morgan fingerprint density at radius 3 is 2.50 bits per heavy atom. The summed E-state index contributed by atoms with van der Waals surface area (Å²) in [7, 11) is 0. The molecule has 0 aliphatic rings. The van der Waals surface area contributed by atoms with Gasteiger partial charge in [-0.05, 0) is 30.7 Å². The molecule has 102 valence electrons. The van der Waals surface area contributed by atoms with E-state index in [0.717, 1.165) is 25.1 Å². The van der Waals surface area contributed by atoms with Gasteiger partial charge in [-0.2, -0.15) is 0 Å². The first-order valence-corrected chi connectivity index (χ1v) is 6.04. The molecule has 0 fully saturated rings. The van der Waals surface area contributed by atoms with Crippen molar-refractivity contribution in [2.24, 2.45) is 0 Å². The summed E-state index contributed by atoms with van der Waals surface area (Å²) in [5.74, 6) is -1.89. The standard InChI is InChI=1S/C13H19F2NO2/c1-2-5-16(6-7-17)9-13(18)10-3-4-11(14)12(15)8-10/h3-4,8,13,17-18H,2,5-7,9H2,1H3. The summed E-state index contributed by atoms with van der Waals surface area (Å²) < 4.78 is 25.8. The molecule has 1 aromatic rings. The van der Waals surface area contributed by atoms with E-state index in [1.165, 1.54) is 6.07 Å². The molecule has 0 spiro atoms. The summed E-state index contributed by atoms with van der Waals surface area (Å²) >= 11 is 0. The average Bonchev–Trinajstić information content (AvgIpc) is 2.33. The van der Waals surface area contributed by atoms with Crippen molar-refractivity contribution in [3.63, 3.8) is 0 Å². The number of hydrogen-bond donors (Lipinski definition) is 2. The fourth-order valence-electron chi connectivity index (χ4n) is 1.82. The minimum atomic E-state index is -0.962. The quantitative estimate of drug-likeness (QED) is 0.783. The van der Waals surface area contributed by atoms with Crippen LogP contribution in [0.15, 0.2) is 18.2 Å². The first-order chi connectivity index (χ1) is 8.58. The lowest BCUT2D eigenvalue weighted by atomic mass is 10.1. The fourth-order valence-corrected chi connectivity index (χ4v) is 1.82. The molecule has 1 atom stereocenters. The van der Waals surface area contributed by atoms with Crippen LogP contribution in [0, 0.1) is 11.6 Å². The average molecular weight is 259 g/mol. The number of aliphatic hydroxyl groups excluding tert-OH is 2. The van der Waals surface area contributed by atoms with E-state index in [4.69, 9.17) is 5.11 Å². The molecule has 0 amide bonds. The van der Waals surface area contributed by atoms with Gasteiger partial charge >= 0.3 is 0 Å². The Morgan fingerprint density at radius 2 is 1.94 bits per heavy atom. The van der Waals surface area contributed by atoms with Crippen molar-refractivity contribution in [3.05, 3.63) is 35.4 Å². The maximum absolute atomic E-state index is 13.0. The van der Waals surface area contributed by atoms with Crippen molar-refractivity contribution in [1.82, 2.24) is 4.90 Å². The Bertz CT molecular complexity index is 368. The van der Waals surface area contributed by atoms with Crippen LogP contribution in [0.1, 0.15) is 25.0 Å². The molecule has 2 N–H and O–H groups in total. The Kier molecular flexibility index (Phi) is 6.18. The smallest absolute Gasteiger partial charge is 0.159 e. The Balaban J connectivity index is 2.67. The zero-order chi connectivity index (χ0) is 13.5. The van der Waals surface area contributed by atoms with Gasteiger partial charge in [0.05, 0.1) is 12.7 Å². The van der Waals surface area contributed by atoms with E-state index in [1.54, 1.807) is 0 Å². The second kappa shape index (κ2) is 7.41. The molecule has 0 saturated carbocycles. The van der Waals surface area contributed by atoms with E-state index >= 15 is 0 Å². The van der Waals surface area contributed by atoms with Crippen molar-refractivity contribution in [3.8, 4) is 0 Å². The molecular weight excluding hydrogens is 240 g/mol. The second-order valence-electron chi connectivity index (χ2n) is 4.21. The molecule has 0 radical (unpaired) electrons. The van der Waals surface area contributed by atoms with Gasteiger partial charge in [0.15, 0.2) is 11.6 Å². The number of hydrogen-bond acceptors (Lipinski definition) is 3. The van der Waals surface area contributed by atoms with E-state index in [2.05, 4.69) is 0 Å². The first kappa shape index (κ1) is 15.0. The molecule has 1 aromatic carbocycles. The van der Waals surface area contributed by atoms with Crippen LogP contribution in [0.3, 0.4) is 0 Å². The number of aliphatic hydroxyl groups is 2. The summed E-state index contributed by atoms with van der Waals surface area (Å²) in [6, 6.07) is 3.37. The third kappa shape index (κ3) is 4.33. The van der Waals surface area contributed by atoms with E-state index < -0.39 is 17.7 Å². The number of halogens is 2. The third-order valence-corrected chi connectivity index (χ3v) is 2.72. The molecule has 18 heavy (non-hydrogen) atoms. The predicted molar refractivity (Wildman–Crippen MR) is 65.1 cm³/mol. The van der Waals surface area contributed by atoms with E-state index in [1.807, 2.05) is 11.8 Å². The first-order valence-electron chi connectivity index (χ1n) is 6.04. The summed E-state index contributed by atoms with van der Waals surface area (Å²) in [4.78, 5) is 1.88. The highest BCUT2D eigenvalue weighted by atomic mass is 19.2. The van der Waals surface area contributed by atoms with E-state index in [9.17, 15) is 13.9 Å². The van der Waals surface area contributed by atoms with Crippen LogP contribution >= 0.6 is 0 Å². The molecule has 0 aromatic heterocycles. The fraction of sp³-hybridized carbons (Fsp3) is 0.538. The molecule has 0 saturated heterocycles. The van der Waals surface area contributed by atoms with Crippen LogP contribution in [0.25, 0.3) is 0 Å². The van der Waals surface area contributed by atoms with Crippen LogP contribution in [0.5, 0.6) is 0 Å².